The molecule has 0 N–H and O–H groups in total. The summed E-state index contributed by atoms with van der Waals surface area (Å²) in [6.07, 6.45) is 6.21. The topological polar surface area (TPSA) is 9.23 Å². The first-order valence-electron chi connectivity index (χ1n) is 5.23. The average Bonchev–Trinajstić information content (AvgIpc) is 2.74. The number of hydrogen-bond donors (Lipinski definition) is 0. The standard InChI is InChI=1S/C11H13BrOS/c12-10-7-8-9(14-10)3-6-13-11(8)4-1-2-5-11/h7H,1-6H2. The molecule has 0 radical (unpaired) electrons. The van der Waals surface area contributed by atoms with Gasteiger partial charge in [-0.25, -0.2) is 0 Å². The Labute approximate surface area is 96.6 Å². The van der Waals surface area contributed by atoms with Crippen LogP contribution < -0.4 is 0 Å². The second-order valence-corrected chi connectivity index (χ2v) is 6.70. The highest BCUT2D eigenvalue weighted by atomic mass is 79.9. The fourth-order valence-corrected chi connectivity index (χ4v) is 4.51. The van der Waals surface area contributed by atoms with Crippen molar-refractivity contribution in [2.24, 2.45) is 0 Å². The van der Waals surface area contributed by atoms with E-state index in [1.54, 1.807) is 4.88 Å². The van der Waals surface area contributed by atoms with E-state index < -0.39 is 0 Å². The van der Waals surface area contributed by atoms with Crippen LogP contribution in [0, 0.1) is 0 Å². The maximum atomic E-state index is 6.05. The number of ether oxygens (including phenoxy) is 1. The molecule has 0 atom stereocenters. The first-order valence-corrected chi connectivity index (χ1v) is 6.84. The Morgan fingerprint density at radius 3 is 2.93 bits per heavy atom. The highest BCUT2D eigenvalue weighted by Crippen LogP contribution is 2.48. The van der Waals surface area contributed by atoms with Crippen LogP contribution in [0.25, 0.3) is 0 Å². The molecule has 3 rings (SSSR count). The van der Waals surface area contributed by atoms with Crippen LogP contribution in [0.3, 0.4) is 0 Å². The first kappa shape index (κ1) is 9.37. The van der Waals surface area contributed by atoms with Gasteiger partial charge in [0.1, 0.15) is 0 Å². The fourth-order valence-electron chi connectivity index (χ4n) is 2.74. The van der Waals surface area contributed by atoms with Crippen molar-refractivity contribution in [3.8, 4) is 0 Å². The van der Waals surface area contributed by atoms with Gasteiger partial charge in [0.25, 0.3) is 0 Å². The zero-order valence-electron chi connectivity index (χ0n) is 8.01. The maximum absolute atomic E-state index is 6.05. The third-order valence-electron chi connectivity index (χ3n) is 3.39. The van der Waals surface area contributed by atoms with Gasteiger partial charge in [0.05, 0.1) is 16.0 Å². The zero-order chi connectivity index (χ0) is 9.60. The number of hydrogen-bond acceptors (Lipinski definition) is 2. The van der Waals surface area contributed by atoms with E-state index in [9.17, 15) is 0 Å². The van der Waals surface area contributed by atoms with Crippen LogP contribution in [0.1, 0.15) is 36.1 Å². The van der Waals surface area contributed by atoms with Gasteiger partial charge < -0.3 is 4.74 Å². The maximum Gasteiger partial charge on any atom is 0.0942 e. The van der Waals surface area contributed by atoms with Gasteiger partial charge in [0, 0.05) is 11.3 Å². The van der Waals surface area contributed by atoms with E-state index in [1.165, 1.54) is 35.0 Å². The van der Waals surface area contributed by atoms with Gasteiger partial charge in [0.2, 0.25) is 0 Å². The van der Waals surface area contributed by atoms with Crippen molar-refractivity contribution < 1.29 is 4.74 Å². The predicted octanol–water partition coefficient (Wildman–Crippen LogP) is 3.85. The summed E-state index contributed by atoms with van der Waals surface area (Å²) in [7, 11) is 0. The lowest BCUT2D eigenvalue weighted by Crippen LogP contribution is -2.31. The van der Waals surface area contributed by atoms with Crippen molar-refractivity contribution in [2.45, 2.75) is 37.7 Å². The molecule has 1 aromatic rings. The monoisotopic (exact) mass is 272 g/mol. The van der Waals surface area contributed by atoms with Gasteiger partial charge in [-0.3, -0.25) is 0 Å². The zero-order valence-corrected chi connectivity index (χ0v) is 10.4. The molecular weight excluding hydrogens is 260 g/mol. The van der Waals surface area contributed by atoms with Crippen LogP contribution in [0.5, 0.6) is 0 Å². The fraction of sp³-hybridized carbons (Fsp3) is 0.636. The van der Waals surface area contributed by atoms with Gasteiger partial charge in [0.15, 0.2) is 0 Å². The molecule has 1 spiro atoms. The smallest absolute Gasteiger partial charge is 0.0942 e. The second kappa shape index (κ2) is 3.32. The van der Waals surface area contributed by atoms with Crippen molar-refractivity contribution in [1.82, 2.24) is 0 Å². The normalized spacial score (nSPS) is 24.1. The van der Waals surface area contributed by atoms with Crippen molar-refractivity contribution in [3.05, 3.63) is 20.3 Å². The molecule has 0 amide bonds. The van der Waals surface area contributed by atoms with Crippen molar-refractivity contribution in [1.29, 1.82) is 0 Å². The lowest BCUT2D eigenvalue weighted by atomic mass is 9.90. The van der Waals surface area contributed by atoms with Crippen LogP contribution in [-0.2, 0) is 16.8 Å². The quantitative estimate of drug-likeness (QED) is 0.697. The van der Waals surface area contributed by atoms with Crippen LogP contribution in [0.15, 0.2) is 9.85 Å². The summed E-state index contributed by atoms with van der Waals surface area (Å²) in [5.74, 6) is 0. The lowest BCUT2D eigenvalue weighted by molar-refractivity contribution is -0.0542. The van der Waals surface area contributed by atoms with Gasteiger partial charge in [-0.05, 0) is 40.4 Å². The number of thiophene rings is 1. The Morgan fingerprint density at radius 1 is 1.36 bits per heavy atom. The minimum atomic E-state index is 0.107. The van der Waals surface area contributed by atoms with Crippen LogP contribution in [-0.4, -0.2) is 6.61 Å². The van der Waals surface area contributed by atoms with Gasteiger partial charge in [-0.2, -0.15) is 0 Å². The third-order valence-corrected chi connectivity index (χ3v) is 5.09. The minimum Gasteiger partial charge on any atom is -0.370 e. The molecule has 1 fully saturated rings. The van der Waals surface area contributed by atoms with Gasteiger partial charge in [-0.15, -0.1) is 11.3 Å². The molecule has 2 heterocycles. The number of fused-ring (bicyclic) bond motifs is 2. The van der Waals surface area contributed by atoms with Crippen molar-refractivity contribution in [3.63, 3.8) is 0 Å². The summed E-state index contributed by atoms with van der Waals surface area (Å²) in [4.78, 5) is 1.55. The molecule has 76 valence electrons. The molecule has 2 aliphatic rings. The van der Waals surface area contributed by atoms with E-state index in [4.69, 9.17) is 4.74 Å². The van der Waals surface area contributed by atoms with E-state index in [1.807, 2.05) is 11.3 Å². The summed E-state index contributed by atoms with van der Waals surface area (Å²) in [5, 5.41) is 0. The Hall–Kier alpha value is 0.140. The predicted molar refractivity (Wildman–Crippen MR) is 61.8 cm³/mol. The molecule has 0 aromatic carbocycles. The molecule has 1 nitrogen and oxygen atoms in total. The van der Waals surface area contributed by atoms with Crippen LogP contribution in [0.4, 0.5) is 0 Å². The summed E-state index contributed by atoms with van der Waals surface area (Å²) in [6.45, 7) is 0.917. The summed E-state index contributed by atoms with van der Waals surface area (Å²) in [6, 6.07) is 2.28. The molecule has 3 heteroatoms. The first-order chi connectivity index (χ1) is 6.80. The van der Waals surface area contributed by atoms with E-state index in [0.29, 0.717) is 0 Å². The van der Waals surface area contributed by atoms with Crippen molar-refractivity contribution >= 4 is 27.3 Å². The molecule has 1 aliphatic carbocycles. The number of halogens is 1. The SMILES string of the molecule is Brc1cc2c(s1)CCOC21CCCC1. The minimum absolute atomic E-state index is 0.107. The lowest BCUT2D eigenvalue weighted by Gasteiger charge is -2.33. The Kier molecular flexibility index (Phi) is 2.22. The van der Waals surface area contributed by atoms with E-state index >= 15 is 0 Å². The van der Waals surface area contributed by atoms with Crippen LogP contribution >= 0.6 is 27.3 Å². The van der Waals surface area contributed by atoms with Gasteiger partial charge >= 0.3 is 0 Å². The molecule has 1 aromatic heterocycles. The summed E-state index contributed by atoms with van der Waals surface area (Å²) < 4.78 is 7.32. The Bertz CT molecular complexity index is 352. The summed E-state index contributed by atoms with van der Waals surface area (Å²) in [5.41, 5.74) is 1.59. The average molecular weight is 273 g/mol. The molecule has 0 saturated heterocycles. The molecule has 1 saturated carbocycles. The number of rotatable bonds is 0. The molecule has 0 bridgehead atoms. The summed E-state index contributed by atoms with van der Waals surface area (Å²) >= 11 is 5.47. The third kappa shape index (κ3) is 1.29. The Balaban J connectivity index is 2.09. The molecule has 0 unspecified atom stereocenters. The van der Waals surface area contributed by atoms with E-state index in [0.717, 1.165) is 13.0 Å². The largest absolute Gasteiger partial charge is 0.370 e. The van der Waals surface area contributed by atoms with E-state index in [2.05, 4.69) is 22.0 Å². The van der Waals surface area contributed by atoms with Gasteiger partial charge in [-0.1, -0.05) is 12.8 Å². The van der Waals surface area contributed by atoms with E-state index in [-0.39, 0.29) is 5.60 Å². The second-order valence-electron chi connectivity index (χ2n) is 4.19. The molecular formula is C11H13BrOS. The highest BCUT2D eigenvalue weighted by molar-refractivity contribution is 9.11. The van der Waals surface area contributed by atoms with Crippen molar-refractivity contribution in [2.75, 3.05) is 6.61 Å². The van der Waals surface area contributed by atoms with Crippen LogP contribution in [0.2, 0.25) is 0 Å². The molecule has 1 aliphatic heterocycles. The molecule has 14 heavy (non-hydrogen) atoms. The highest BCUT2D eigenvalue weighted by Gasteiger charge is 2.41. The Morgan fingerprint density at radius 2 is 2.14 bits per heavy atom.